The molecule has 2 aromatic carbocycles. The van der Waals surface area contributed by atoms with Crippen molar-refractivity contribution >= 4 is 11.8 Å². The lowest BCUT2D eigenvalue weighted by Gasteiger charge is -2.08. The Labute approximate surface area is 161 Å². The summed E-state index contributed by atoms with van der Waals surface area (Å²) < 4.78 is 31.4. The lowest BCUT2D eigenvalue weighted by atomic mass is 10.2. The molecule has 0 atom stereocenters. The highest BCUT2D eigenvalue weighted by Gasteiger charge is 2.11. The molecule has 142 valence electrons. The van der Waals surface area contributed by atoms with Gasteiger partial charge in [0.2, 0.25) is 0 Å². The first kappa shape index (κ1) is 19.0. The molecule has 0 unspecified atom stereocenters. The fourth-order valence-electron chi connectivity index (χ4n) is 2.36. The van der Waals surface area contributed by atoms with Gasteiger partial charge in [-0.1, -0.05) is 17.8 Å². The van der Waals surface area contributed by atoms with Crippen molar-refractivity contribution in [2.75, 3.05) is 14.2 Å². The molecule has 0 radical (unpaired) electrons. The molecule has 0 N–H and O–H groups in total. The van der Waals surface area contributed by atoms with Gasteiger partial charge in [-0.15, -0.1) is 10.2 Å². The monoisotopic (exact) mass is 389 g/mol. The lowest BCUT2D eigenvalue weighted by Crippen LogP contribution is -2.04. The van der Waals surface area contributed by atoms with Crippen LogP contribution in [0.4, 0.5) is 4.39 Å². The van der Waals surface area contributed by atoms with E-state index >= 15 is 0 Å². The second-order valence-electron chi connectivity index (χ2n) is 5.68. The number of halogens is 1. The fraction of sp³-hybridized carbons (Fsp3) is 0.263. The minimum Gasteiger partial charge on any atom is -0.497 e. The quantitative estimate of drug-likeness (QED) is 0.546. The van der Waals surface area contributed by atoms with Crippen LogP contribution in [0.3, 0.4) is 0 Å². The van der Waals surface area contributed by atoms with E-state index in [1.54, 1.807) is 13.2 Å². The number of aromatic nitrogens is 3. The van der Waals surface area contributed by atoms with Crippen molar-refractivity contribution in [1.29, 1.82) is 0 Å². The third kappa shape index (κ3) is 4.71. The number of nitrogens with zero attached hydrogens (tertiary/aromatic N) is 3. The molecule has 0 aliphatic heterocycles. The van der Waals surface area contributed by atoms with Gasteiger partial charge < -0.3 is 18.8 Å². The molecule has 0 amide bonds. The van der Waals surface area contributed by atoms with Crippen LogP contribution in [0, 0.1) is 5.82 Å². The van der Waals surface area contributed by atoms with Gasteiger partial charge in [-0.25, -0.2) is 4.39 Å². The number of hydrogen-bond donors (Lipinski definition) is 0. The van der Waals surface area contributed by atoms with Gasteiger partial charge in [0.25, 0.3) is 0 Å². The molecule has 3 aromatic rings. The highest BCUT2D eigenvalue weighted by atomic mass is 32.2. The SMILES string of the molecule is COc1ccc(OCc2nnc(SCc3ccc(OC)c(F)c3)n2C)cc1. The van der Waals surface area contributed by atoms with Gasteiger partial charge in [0.05, 0.1) is 14.2 Å². The molecule has 0 saturated heterocycles. The van der Waals surface area contributed by atoms with Crippen molar-refractivity contribution in [3.63, 3.8) is 0 Å². The zero-order chi connectivity index (χ0) is 19.2. The van der Waals surface area contributed by atoms with Gasteiger partial charge in [0.15, 0.2) is 22.5 Å². The Morgan fingerprint density at radius 1 is 1.00 bits per heavy atom. The molecule has 27 heavy (non-hydrogen) atoms. The largest absolute Gasteiger partial charge is 0.497 e. The highest BCUT2D eigenvalue weighted by molar-refractivity contribution is 7.98. The standard InChI is InChI=1S/C19H20FN3O3S/c1-23-18(11-26-15-7-5-14(24-2)6-8-15)21-22-19(23)27-12-13-4-9-17(25-3)16(20)10-13/h4-10H,11-12H2,1-3H3. The topological polar surface area (TPSA) is 58.4 Å². The maximum Gasteiger partial charge on any atom is 0.191 e. The first-order valence-electron chi connectivity index (χ1n) is 8.21. The van der Waals surface area contributed by atoms with Gasteiger partial charge >= 0.3 is 0 Å². The fourth-order valence-corrected chi connectivity index (χ4v) is 3.24. The molecule has 0 spiro atoms. The summed E-state index contributed by atoms with van der Waals surface area (Å²) in [5.74, 6) is 2.64. The van der Waals surface area contributed by atoms with Crippen LogP contribution in [0.1, 0.15) is 11.4 Å². The Hall–Kier alpha value is -2.74. The molecule has 1 heterocycles. The van der Waals surface area contributed by atoms with E-state index in [9.17, 15) is 4.39 Å². The van der Waals surface area contributed by atoms with Crippen LogP contribution in [-0.2, 0) is 19.4 Å². The third-order valence-electron chi connectivity index (χ3n) is 3.94. The van der Waals surface area contributed by atoms with E-state index in [4.69, 9.17) is 14.2 Å². The van der Waals surface area contributed by atoms with Crippen molar-refractivity contribution in [2.45, 2.75) is 17.5 Å². The summed E-state index contributed by atoms with van der Waals surface area (Å²) in [6.07, 6.45) is 0. The maximum absolute atomic E-state index is 13.8. The normalized spacial score (nSPS) is 10.7. The van der Waals surface area contributed by atoms with Crippen molar-refractivity contribution in [3.8, 4) is 17.2 Å². The van der Waals surface area contributed by atoms with Crippen molar-refractivity contribution in [1.82, 2.24) is 14.8 Å². The number of ether oxygens (including phenoxy) is 3. The van der Waals surface area contributed by atoms with Gasteiger partial charge in [0, 0.05) is 12.8 Å². The molecule has 0 aliphatic carbocycles. The molecule has 0 bridgehead atoms. The summed E-state index contributed by atoms with van der Waals surface area (Å²) in [5.41, 5.74) is 0.845. The summed E-state index contributed by atoms with van der Waals surface area (Å²) in [5, 5.41) is 9.09. The minimum absolute atomic E-state index is 0.236. The number of hydrogen-bond acceptors (Lipinski definition) is 6. The zero-order valence-corrected chi connectivity index (χ0v) is 16.1. The molecule has 3 rings (SSSR count). The van der Waals surface area contributed by atoms with Crippen LogP contribution < -0.4 is 14.2 Å². The third-order valence-corrected chi connectivity index (χ3v) is 5.03. The molecule has 0 saturated carbocycles. The van der Waals surface area contributed by atoms with E-state index in [2.05, 4.69) is 10.2 Å². The van der Waals surface area contributed by atoms with Crippen LogP contribution in [0.2, 0.25) is 0 Å². The zero-order valence-electron chi connectivity index (χ0n) is 15.3. The molecule has 8 heteroatoms. The Kier molecular flexibility index (Phi) is 6.18. The second kappa shape index (κ2) is 8.77. The molecule has 1 aromatic heterocycles. The first-order chi connectivity index (χ1) is 13.1. The summed E-state index contributed by atoms with van der Waals surface area (Å²) in [7, 11) is 4.94. The minimum atomic E-state index is -0.373. The Balaban J connectivity index is 1.58. The Bertz CT molecular complexity index is 900. The first-order valence-corrected chi connectivity index (χ1v) is 9.19. The van der Waals surface area contributed by atoms with E-state index in [-0.39, 0.29) is 11.6 Å². The molecular weight excluding hydrogens is 369 g/mol. The summed E-state index contributed by atoms with van der Waals surface area (Å²) in [4.78, 5) is 0. The Morgan fingerprint density at radius 3 is 2.41 bits per heavy atom. The smallest absolute Gasteiger partial charge is 0.191 e. The van der Waals surface area contributed by atoms with Gasteiger partial charge in [-0.2, -0.15) is 0 Å². The summed E-state index contributed by atoms with van der Waals surface area (Å²) in [6, 6.07) is 12.3. The van der Waals surface area contributed by atoms with E-state index < -0.39 is 0 Å². The van der Waals surface area contributed by atoms with Crippen molar-refractivity contribution in [3.05, 3.63) is 59.7 Å². The molecular formula is C19H20FN3O3S. The number of thioether (sulfide) groups is 1. The predicted molar refractivity (Wildman–Crippen MR) is 101 cm³/mol. The average molecular weight is 389 g/mol. The lowest BCUT2D eigenvalue weighted by molar-refractivity contribution is 0.290. The van der Waals surface area contributed by atoms with Crippen LogP contribution >= 0.6 is 11.8 Å². The average Bonchev–Trinajstić information content (AvgIpc) is 3.05. The van der Waals surface area contributed by atoms with Crippen LogP contribution in [0.15, 0.2) is 47.6 Å². The number of rotatable bonds is 8. The predicted octanol–water partition coefficient (Wildman–Crippen LogP) is 3.84. The highest BCUT2D eigenvalue weighted by Crippen LogP contribution is 2.25. The van der Waals surface area contributed by atoms with E-state index in [1.807, 2.05) is 41.9 Å². The van der Waals surface area contributed by atoms with Crippen molar-refractivity contribution < 1.29 is 18.6 Å². The molecule has 0 fully saturated rings. The van der Waals surface area contributed by atoms with E-state index in [0.29, 0.717) is 18.2 Å². The van der Waals surface area contributed by atoms with Gasteiger partial charge in [-0.05, 0) is 42.0 Å². The van der Waals surface area contributed by atoms with Crippen molar-refractivity contribution in [2.24, 2.45) is 7.05 Å². The number of methoxy groups -OCH3 is 2. The maximum atomic E-state index is 13.8. The van der Waals surface area contributed by atoms with E-state index in [0.717, 1.165) is 22.2 Å². The van der Waals surface area contributed by atoms with Crippen LogP contribution in [0.5, 0.6) is 17.2 Å². The second-order valence-corrected chi connectivity index (χ2v) is 6.62. The molecule has 0 aliphatic rings. The summed E-state index contributed by atoms with van der Waals surface area (Å²) >= 11 is 1.48. The van der Waals surface area contributed by atoms with Gasteiger partial charge in [-0.3, -0.25) is 0 Å². The summed E-state index contributed by atoms with van der Waals surface area (Å²) in [6.45, 7) is 0.299. The van der Waals surface area contributed by atoms with Crippen LogP contribution in [0.25, 0.3) is 0 Å². The van der Waals surface area contributed by atoms with E-state index in [1.165, 1.54) is 24.9 Å². The number of benzene rings is 2. The Morgan fingerprint density at radius 2 is 1.74 bits per heavy atom. The van der Waals surface area contributed by atoms with Gasteiger partial charge in [0.1, 0.15) is 18.1 Å². The van der Waals surface area contributed by atoms with Crippen LogP contribution in [-0.4, -0.2) is 29.0 Å². The molecule has 6 nitrogen and oxygen atoms in total.